The number of nitrogens with zero attached hydrogens (tertiary/aromatic N) is 1. The van der Waals surface area contributed by atoms with Crippen LogP contribution in [0.5, 0.6) is 0 Å². The first-order valence-corrected chi connectivity index (χ1v) is 7.61. The minimum atomic E-state index is -0.112. The van der Waals surface area contributed by atoms with Crippen LogP contribution >= 0.6 is 0 Å². The average molecular weight is 249 g/mol. The highest BCUT2D eigenvalue weighted by Crippen LogP contribution is 2.55. The van der Waals surface area contributed by atoms with Crippen LogP contribution in [0.3, 0.4) is 0 Å². The van der Waals surface area contributed by atoms with Crippen LogP contribution in [-0.2, 0) is 4.79 Å². The van der Waals surface area contributed by atoms with Crippen LogP contribution in [0.15, 0.2) is 0 Å². The zero-order chi connectivity index (χ0) is 12.3. The summed E-state index contributed by atoms with van der Waals surface area (Å²) < 4.78 is 0. The molecule has 4 aliphatic rings. The number of rotatable bonds is 3. The summed E-state index contributed by atoms with van der Waals surface area (Å²) in [6.45, 7) is 2.05. The van der Waals surface area contributed by atoms with Gasteiger partial charge in [-0.1, -0.05) is 12.8 Å². The third kappa shape index (κ3) is 1.41. The van der Waals surface area contributed by atoms with Gasteiger partial charge in [0.05, 0.1) is 6.10 Å². The maximum Gasteiger partial charge on any atom is 0.127 e. The van der Waals surface area contributed by atoms with Gasteiger partial charge in [0.25, 0.3) is 0 Å². The molecule has 3 aliphatic carbocycles. The van der Waals surface area contributed by atoms with E-state index in [1.807, 2.05) is 0 Å². The topological polar surface area (TPSA) is 40.5 Å². The molecule has 2 bridgehead atoms. The van der Waals surface area contributed by atoms with E-state index in [0.717, 1.165) is 37.8 Å². The van der Waals surface area contributed by atoms with Crippen LogP contribution in [0.4, 0.5) is 0 Å². The Kier molecular flexibility index (Phi) is 2.41. The van der Waals surface area contributed by atoms with E-state index in [2.05, 4.69) is 4.90 Å². The molecule has 3 saturated carbocycles. The highest BCUT2D eigenvalue weighted by atomic mass is 16.3. The van der Waals surface area contributed by atoms with Crippen LogP contribution in [0.25, 0.3) is 0 Å². The Morgan fingerprint density at radius 2 is 2.00 bits per heavy atom. The van der Waals surface area contributed by atoms with Gasteiger partial charge >= 0.3 is 0 Å². The molecular weight excluding hydrogens is 226 g/mol. The van der Waals surface area contributed by atoms with Gasteiger partial charge in [-0.05, 0) is 43.4 Å². The molecule has 0 aromatic carbocycles. The summed E-state index contributed by atoms with van der Waals surface area (Å²) in [5.41, 5.74) is -0.0818. The van der Waals surface area contributed by atoms with Crippen LogP contribution in [0.1, 0.15) is 38.5 Å². The van der Waals surface area contributed by atoms with Gasteiger partial charge < -0.3 is 9.90 Å². The largest absolute Gasteiger partial charge is 0.391 e. The molecule has 1 heterocycles. The van der Waals surface area contributed by atoms with Crippen molar-refractivity contribution >= 4 is 6.29 Å². The Labute approximate surface area is 109 Å². The van der Waals surface area contributed by atoms with Crippen molar-refractivity contribution < 1.29 is 9.90 Å². The van der Waals surface area contributed by atoms with Crippen LogP contribution in [-0.4, -0.2) is 41.5 Å². The van der Waals surface area contributed by atoms with Gasteiger partial charge in [0, 0.05) is 24.5 Å². The first-order chi connectivity index (χ1) is 8.72. The Morgan fingerprint density at radius 3 is 2.67 bits per heavy atom. The molecule has 0 aromatic heterocycles. The van der Waals surface area contributed by atoms with E-state index in [1.54, 1.807) is 0 Å². The van der Waals surface area contributed by atoms with E-state index in [1.165, 1.54) is 32.0 Å². The van der Waals surface area contributed by atoms with Gasteiger partial charge in [-0.25, -0.2) is 0 Å². The predicted octanol–water partition coefficient (Wildman–Crippen LogP) is 1.45. The van der Waals surface area contributed by atoms with Crippen LogP contribution < -0.4 is 0 Å². The van der Waals surface area contributed by atoms with Crippen molar-refractivity contribution in [3.8, 4) is 0 Å². The van der Waals surface area contributed by atoms with E-state index in [9.17, 15) is 9.90 Å². The van der Waals surface area contributed by atoms with E-state index >= 15 is 0 Å². The van der Waals surface area contributed by atoms with Gasteiger partial charge in [0.15, 0.2) is 0 Å². The molecule has 0 aromatic rings. The fourth-order valence-corrected chi connectivity index (χ4v) is 5.52. The second kappa shape index (κ2) is 3.80. The molecular formula is C15H23NO2. The maximum atomic E-state index is 11.5. The van der Waals surface area contributed by atoms with E-state index in [-0.39, 0.29) is 11.5 Å². The molecule has 0 spiro atoms. The van der Waals surface area contributed by atoms with Crippen molar-refractivity contribution in [2.75, 3.05) is 13.1 Å². The zero-order valence-corrected chi connectivity index (χ0v) is 10.9. The lowest BCUT2D eigenvalue weighted by Crippen LogP contribution is -2.45. The molecule has 3 nitrogen and oxygen atoms in total. The van der Waals surface area contributed by atoms with Crippen LogP contribution in [0, 0.1) is 23.2 Å². The Bertz CT molecular complexity index is 362. The summed E-state index contributed by atoms with van der Waals surface area (Å²) >= 11 is 0. The summed E-state index contributed by atoms with van der Waals surface area (Å²) in [5.74, 6) is 2.11. The molecule has 1 aliphatic heterocycles. The highest BCUT2D eigenvalue weighted by molar-refractivity contribution is 5.60. The van der Waals surface area contributed by atoms with E-state index in [0.29, 0.717) is 12.0 Å². The van der Waals surface area contributed by atoms with Crippen molar-refractivity contribution in [1.82, 2.24) is 4.90 Å². The maximum absolute atomic E-state index is 11.5. The fourth-order valence-electron chi connectivity index (χ4n) is 5.52. The third-order valence-corrected chi connectivity index (χ3v) is 6.32. The quantitative estimate of drug-likeness (QED) is 0.770. The number of carbonyl (C=O) groups is 1. The predicted molar refractivity (Wildman–Crippen MR) is 68.0 cm³/mol. The Balaban J connectivity index is 1.54. The lowest BCUT2D eigenvalue weighted by atomic mass is 9.86. The lowest BCUT2D eigenvalue weighted by molar-refractivity contribution is -0.117. The molecule has 18 heavy (non-hydrogen) atoms. The molecule has 0 radical (unpaired) electrons. The summed E-state index contributed by atoms with van der Waals surface area (Å²) in [6, 6.07) is 0.381. The van der Waals surface area contributed by atoms with Crippen molar-refractivity contribution in [2.24, 2.45) is 23.2 Å². The number of hydrogen-bond donors (Lipinski definition) is 1. The molecule has 1 N–H and O–H groups in total. The number of hydrogen-bond acceptors (Lipinski definition) is 3. The molecule has 0 amide bonds. The van der Waals surface area contributed by atoms with Gasteiger partial charge in [0.1, 0.15) is 6.29 Å². The van der Waals surface area contributed by atoms with Crippen molar-refractivity contribution in [3.05, 3.63) is 0 Å². The Morgan fingerprint density at radius 1 is 1.22 bits per heavy atom. The van der Waals surface area contributed by atoms with E-state index in [4.69, 9.17) is 0 Å². The summed E-state index contributed by atoms with van der Waals surface area (Å²) in [4.78, 5) is 14.0. The summed E-state index contributed by atoms with van der Waals surface area (Å²) in [7, 11) is 0. The van der Waals surface area contributed by atoms with Gasteiger partial charge in [-0.3, -0.25) is 4.90 Å². The van der Waals surface area contributed by atoms with Gasteiger partial charge in [-0.2, -0.15) is 0 Å². The smallest absolute Gasteiger partial charge is 0.127 e. The summed E-state index contributed by atoms with van der Waals surface area (Å²) in [5, 5.41) is 10.4. The van der Waals surface area contributed by atoms with Crippen molar-refractivity contribution in [2.45, 2.75) is 50.7 Å². The summed E-state index contributed by atoms with van der Waals surface area (Å²) in [6.07, 6.45) is 8.11. The average Bonchev–Trinajstić information content (AvgIpc) is 3.05. The molecule has 3 heteroatoms. The first kappa shape index (κ1) is 11.4. The van der Waals surface area contributed by atoms with Crippen molar-refractivity contribution in [3.63, 3.8) is 0 Å². The number of fused-ring (bicyclic) bond motifs is 1. The molecule has 100 valence electrons. The first-order valence-electron chi connectivity index (χ1n) is 7.61. The normalized spacial score (nSPS) is 49.1. The van der Waals surface area contributed by atoms with Gasteiger partial charge in [-0.15, -0.1) is 0 Å². The Hall–Kier alpha value is -0.410. The second-order valence-corrected chi connectivity index (χ2v) is 7.25. The number of carbonyl (C=O) groups excluding carboxylic acids is 1. The standard InChI is InChI=1S/C15H23NO2/c17-9-15(3-1-2-4-15)8-16-7-11-5-10-6-12(11)13(16)14(10)18/h9-14,18H,1-8H2. The molecule has 4 rings (SSSR count). The lowest BCUT2D eigenvalue weighted by Gasteiger charge is -2.34. The number of aliphatic hydroxyl groups is 1. The molecule has 5 unspecified atom stereocenters. The minimum Gasteiger partial charge on any atom is -0.391 e. The number of likely N-dealkylation sites (tertiary alicyclic amines) is 1. The monoisotopic (exact) mass is 249 g/mol. The van der Waals surface area contributed by atoms with Gasteiger partial charge in [0.2, 0.25) is 0 Å². The number of aliphatic hydroxyl groups excluding tert-OH is 1. The molecule has 1 saturated heterocycles. The minimum absolute atomic E-state index is 0.0818. The fraction of sp³-hybridized carbons (Fsp3) is 0.933. The van der Waals surface area contributed by atoms with Crippen molar-refractivity contribution in [1.29, 1.82) is 0 Å². The zero-order valence-electron chi connectivity index (χ0n) is 10.9. The van der Waals surface area contributed by atoms with Crippen LogP contribution in [0.2, 0.25) is 0 Å². The second-order valence-electron chi connectivity index (χ2n) is 7.25. The highest BCUT2D eigenvalue weighted by Gasteiger charge is 2.59. The third-order valence-electron chi connectivity index (χ3n) is 6.32. The van der Waals surface area contributed by atoms with E-state index < -0.39 is 0 Å². The molecule has 5 atom stereocenters. The molecule has 4 fully saturated rings. The SMILES string of the molecule is O=CC1(CN2CC3CC4CC3C2C4O)CCCC1. The number of aldehydes is 1.